The van der Waals surface area contributed by atoms with Gasteiger partial charge in [-0.25, -0.2) is 13.8 Å². The Morgan fingerprint density at radius 1 is 1.03 bits per heavy atom. The summed E-state index contributed by atoms with van der Waals surface area (Å²) in [5, 5.41) is 4.64. The zero-order chi connectivity index (χ0) is 23.3. The van der Waals surface area contributed by atoms with Gasteiger partial charge in [-0.1, -0.05) is 62.9 Å². The van der Waals surface area contributed by atoms with E-state index in [4.69, 9.17) is 23.2 Å². The molecule has 0 fully saturated rings. The molecule has 0 aliphatic heterocycles. The number of hydrogen-bond acceptors (Lipinski definition) is 4. The third kappa shape index (κ3) is 6.10. The molecule has 0 aromatic heterocycles. The highest BCUT2D eigenvalue weighted by Gasteiger charge is 2.27. The van der Waals surface area contributed by atoms with Crippen LogP contribution in [0.4, 0.5) is 5.69 Å². The third-order valence-electron chi connectivity index (χ3n) is 4.36. The first-order valence-electron chi connectivity index (χ1n) is 9.29. The lowest BCUT2D eigenvalue weighted by Gasteiger charge is -2.23. The molecule has 0 unspecified atom stereocenters. The summed E-state index contributed by atoms with van der Waals surface area (Å²) in [6.45, 7) is 1.40. The normalized spacial score (nSPS) is 11.5. The van der Waals surface area contributed by atoms with Crippen LogP contribution in [0.25, 0.3) is 0 Å². The number of carbonyl (C=O) groups excluding carboxylic acids is 1. The summed E-state index contributed by atoms with van der Waals surface area (Å²) in [4.78, 5) is 12.6. The van der Waals surface area contributed by atoms with Crippen LogP contribution in [0.15, 0.2) is 81.2 Å². The van der Waals surface area contributed by atoms with Crippen molar-refractivity contribution in [3.63, 3.8) is 0 Å². The van der Waals surface area contributed by atoms with Crippen LogP contribution >= 0.6 is 39.1 Å². The Kier molecular flexibility index (Phi) is 7.95. The molecule has 3 aromatic rings. The largest absolute Gasteiger partial charge is 0.271 e. The number of amides is 1. The maximum Gasteiger partial charge on any atom is 0.264 e. The maximum absolute atomic E-state index is 13.3. The van der Waals surface area contributed by atoms with E-state index in [0.717, 1.165) is 14.3 Å². The predicted molar refractivity (Wildman–Crippen MR) is 132 cm³/mol. The van der Waals surface area contributed by atoms with Crippen molar-refractivity contribution >= 4 is 67.0 Å². The zero-order valence-corrected chi connectivity index (χ0v) is 20.7. The minimum Gasteiger partial charge on any atom is -0.271 e. The standard InChI is InChI=1S/C22H18BrCl2N3O3S/c1-15-2-9-19(10-3-15)32(30,31)28(18-7-5-17(23)6-8-18)14-22(29)27-26-13-16-4-11-20(24)21(25)12-16/h2-13H,14H2,1H3,(H,27,29)/b26-13-. The Bertz CT molecular complexity index is 1250. The highest BCUT2D eigenvalue weighted by Crippen LogP contribution is 2.25. The van der Waals surface area contributed by atoms with Crippen LogP contribution in [-0.2, 0) is 14.8 Å². The number of carbonyl (C=O) groups is 1. The fourth-order valence-corrected chi connectivity index (χ4v) is 4.69. The third-order valence-corrected chi connectivity index (χ3v) is 7.41. The van der Waals surface area contributed by atoms with E-state index in [9.17, 15) is 13.2 Å². The minimum atomic E-state index is -3.99. The van der Waals surface area contributed by atoms with Crippen molar-refractivity contribution < 1.29 is 13.2 Å². The summed E-state index contributed by atoms with van der Waals surface area (Å²) in [6, 6.07) is 17.9. The van der Waals surface area contributed by atoms with E-state index in [2.05, 4.69) is 26.5 Å². The van der Waals surface area contributed by atoms with Gasteiger partial charge in [0.05, 0.1) is 26.8 Å². The maximum atomic E-state index is 13.3. The van der Waals surface area contributed by atoms with E-state index in [-0.39, 0.29) is 4.90 Å². The van der Waals surface area contributed by atoms with Crippen molar-refractivity contribution in [3.05, 3.63) is 92.4 Å². The fourth-order valence-electron chi connectivity index (χ4n) is 2.70. The molecule has 0 saturated heterocycles. The summed E-state index contributed by atoms with van der Waals surface area (Å²) >= 11 is 15.2. The number of anilines is 1. The number of sulfonamides is 1. The molecule has 0 radical (unpaired) electrons. The second-order valence-electron chi connectivity index (χ2n) is 6.77. The van der Waals surface area contributed by atoms with Crippen LogP contribution in [0.2, 0.25) is 10.0 Å². The Labute approximate surface area is 205 Å². The molecule has 1 N–H and O–H groups in total. The molecule has 32 heavy (non-hydrogen) atoms. The lowest BCUT2D eigenvalue weighted by atomic mass is 10.2. The molecule has 0 saturated carbocycles. The lowest BCUT2D eigenvalue weighted by Crippen LogP contribution is -2.39. The van der Waals surface area contributed by atoms with Crippen LogP contribution in [0.3, 0.4) is 0 Å². The first kappa shape index (κ1) is 24.3. The number of nitrogens with zero attached hydrogens (tertiary/aromatic N) is 2. The molecule has 0 heterocycles. The molecule has 0 atom stereocenters. The first-order chi connectivity index (χ1) is 15.2. The molecule has 0 aliphatic rings. The topological polar surface area (TPSA) is 78.8 Å². The molecule has 6 nitrogen and oxygen atoms in total. The molecule has 0 spiro atoms. The van der Waals surface area contributed by atoms with E-state index < -0.39 is 22.5 Å². The molecule has 166 valence electrons. The Morgan fingerprint density at radius 3 is 2.31 bits per heavy atom. The zero-order valence-electron chi connectivity index (χ0n) is 16.8. The SMILES string of the molecule is Cc1ccc(S(=O)(=O)N(CC(=O)N/N=C\c2ccc(Cl)c(Cl)c2)c2ccc(Br)cc2)cc1. The van der Waals surface area contributed by atoms with E-state index in [0.29, 0.717) is 21.3 Å². The minimum absolute atomic E-state index is 0.0816. The lowest BCUT2D eigenvalue weighted by molar-refractivity contribution is -0.119. The van der Waals surface area contributed by atoms with Gasteiger partial charge in [-0.05, 0) is 61.0 Å². The van der Waals surface area contributed by atoms with E-state index in [1.54, 1.807) is 54.6 Å². The first-order valence-corrected chi connectivity index (χ1v) is 12.3. The van der Waals surface area contributed by atoms with Crippen LogP contribution < -0.4 is 9.73 Å². The Morgan fingerprint density at radius 2 is 1.69 bits per heavy atom. The van der Waals surface area contributed by atoms with Crippen molar-refractivity contribution in [1.29, 1.82) is 0 Å². The predicted octanol–water partition coefficient (Wildman–Crippen LogP) is 5.41. The van der Waals surface area contributed by atoms with Gasteiger partial charge >= 0.3 is 0 Å². The van der Waals surface area contributed by atoms with Gasteiger partial charge in [-0.15, -0.1) is 0 Å². The molecule has 0 aliphatic carbocycles. The monoisotopic (exact) mass is 553 g/mol. The van der Waals surface area contributed by atoms with Crippen molar-refractivity contribution in [3.8, 4) is 0 Å². The van der Waals surface area contributed by atoms with Gasteiger partial charge in [0.25, 0.3) is 15.9 Å². The van der Waals surface area contributed by atoms with Crippen molar-refractivity contribution in [2.45, 2.75) is 11.8 Å². The van der Waals surface area contributed by atoms with Crippen LogP contribution in [0, 0.1) is 6.92 Å². The van der Waals surface area contributed by atoms with Crippen molar-refractivity contribution in [2.75, 3.05) is 10.8 Å². The average Bonchev–Trinajstić information content (AvgIpc) is 2.75. The van der Waals surface area contributed by atoms with Gasteiger partial charge < -0.3 is 0 Å². The second-order valence-corrected chi connectivity index (χ2v) is 10.4. The smallest absolute Gasteiger partial charge is 0.264 e. The number of benzene rings is 3. The molecule has 0 bridgehead atoms. The van der Waals surface area contributed by atoms with Gasteiger partial charge in [0, 0.05) is 4.47 Å². The molecular formula is C22H18BrCl2N3O3S. The number of halogens is 3. The average molecular weight is 555 g/mol. The van der Waals surface area contributed by atoms with E-state index in [1.165, 1.54) is 18.3 Å². The van der Waals surface area contributed by atoms with Crippen molar-refractivity contribution in [2.24, 2.45) is 5.10 Å². The summed E-state index contributed by atoms with van der Waals surface area (Å²) in [5.74, 6) is -0.611. The van der Waals surface area contributed by atoms with Gasteiger partial charge in [0.1, 0.15) is 6.54 Å². The van der Waals surface area contributed by atoms with Crippen LogP contribution in [-0.4, -0.2) is 27.1 Å². The van der Waals surface area contributed by atoms with Gasteiger partial charge in [-0.2, -0.15) is 5.10 Å². The summed E-state index contributed by atoms with van der Waals surface area (Å²) in [5.41, 5.74) is 4.24. The highest BCUT2D eigenvalue weighted by atomic mass is 79.9. The summed E-state index contributed by atoms with van der Waals surface area (Å²) in [6.07, 6.45) is 1.39. The molecule has 3 aromatic carbocycles. The van der Waals surface area contributed by atoms with Crippen molar-refractivity contribution in [1.82, 2.24) is 5.43 Å². The summed E-state index contributed by atoms with van der Waals surface area (Å²) < 4.78 is 28.4. The molecule has 3 rings (SSSR count). The van der Waals surface area contributed by atoms with E-state index >= 15 is 0 Å². The number of rotatable bonds is 7. The quantitative estimate of drug-likeness (QED) is 0.313. The van der Waals surface area contributed by atoms with Crippen LogP contribution in [0.5, 0.6) is 0 Å². The number of hydrazone groups is 1. The molecular weight excluding hydrogens is 537 g/mol. The van der Waals surface area contributed by atoms with Crippen LogP contribution in [0.1, 0.15) is 11.1 Å². The fraction of sp³-hybridized carbons (Fsp3) is 0.0909. The Balaban J connectivity index is 1.82. The second kappa shape index (κ2) is 10.5. The Hall–Kier alpha value is -2.39. The van der Waals surface area contributed by atoms with Gasteiger partial charge in [0.2, 0.25) is 0 Å². The number of aryl methyl sites for hydroxylation is 1. The summed E-state index contributed by atoms with van der Waals surface area (Å²) in [7, 11) is -3.99. The molecule has 10 heteroatoms. The molecule has 1 amide bonds. The van der Waals surface area contributed by atoms with Gasteiger partial charge in [0.15, 0.2) is 0 Å². The highest BCUT2D eigenvalue weighted by molar-refractivity contribution is 9.10. The van der Waals surface area contributed by atoms with Gasteiger partial charge in [-0.3, -0.25) is 9.10 Å². The number of hydrogen-bond donors (Lipinski definition) is 1. The van der Waals surface area contributed by atoms with E-state index in [1.807, 2.05) is 6.92 Å². The number of nitrogens with one attached hydrogen (secondary N) is 1.